The lowest BCUT2D eigenvalue weighted by Crippen LogP contribution is -2.20. The minimum Gasteiger partial charge on any atom is -0.499 e. The molecular formula is C30H19N7O4. The molecule has 0 N–H and O–H groups in total. The molecule has 0 spiro atoms. The smallest absolute Gasteiger partial charge is 0.499 e. The monoisotopic (exact) mass is 541 g/mol. The molecule has 0 amide bonds. The maximum Gasteiger partial charge on any atom is 0.550 e. The van der Waals surface area contributed by atoms with Crippen molar-refractivity contribution in [1.82, 2.24) is 0 Å². The predicted molar refractivity (Wildman–Crippen MR) is 146 cm³/mol. The van der Waals surface area contributed by atoms with Crippen molar-refractivity contribution in [2.45, 2.75) is 38.9 Å². The van der Waals surface area contributed by atoms with E-state index in [2.05, 4.69) is 14.5 Å². The van der Waals surface area contributed by atoms with Crippen LogP contribution < -0.4 is 0 Å². The molecule has 11 heteroatoms. The lowest BCUT2D eigenvalue weighted by atomic mass is 9.93. The van der Waals surface area contributed by atoms with Crippen LogP contribution in [0.25, 0.3) is 26.7 Å². The number of nitriles is 3. The van der Waals surface area contributed by atoms with Crippen LogP contribution in [0.5, 0.6) is 0 Å². The van der Waals surface area contributed by atoms with Gasteiger partial charge in [0.05, 0.1) is 17.1 Å². The number of rotatable bonds is 5. The summed E-state index contributed by atoms with van der Waals surface area (Å²) in [6, 6.07) is 9.84. The number of allylic oxidation sites excluding steroid dienone is 2. The van der Waals surface area contributed by atoms with E-state index in [0.29, 0.717) is 16.7 Å². The van der Waals surface area contributed by atoms with Crippen LogP contribution in [-0.2, 0) is 9.47 Å². The first-order valence-corrected chi connectivity index (χ1v) is 11.7. The molecule has 0 atom stereocenters. The molecule has 0 aliphatic carbocycles. The summed E-state index contributed by atoms with van der Waals surface area (Å²) in [6.07, 6.45) is 6.07. The number of hydrogen-bond donors (Lipinski definition) is 0. The zero-order chi connectivity index (χ0) is 30.5. The van der Waals surface area contributed by atoms with Crippen LogP contribution in [0, 0.1) is 63.8 Å². The third kappa shape index (κ3) is 5.43. The number of nitrogens with zero attached hydrogens (tertiary/aromatic N) is 7. The second kappa shape index (κ2) is 11.1. The summed E-state index contributed by atoms with van der Waals surface area (Å²) in [5.41, 5.74) is -1.26. The Morgan fingerprint density at radius 1 is 0.927 bits per heavy atom. The molecule has 2 aliphatic rings. The van der Waals surface area contributed by atoms with Crippen molar-refractivity contribution in [1.29, 1.82) is 15.8 Å². The molecule has 0 unspecified atom stereocenters. The van der Waals surface area contributed by atoms with Crippen LogP contribution in [0.2, 0.25) is 0 Å². The summed E-state index contributed by atoms with van der Waals surface area (Å²) in [6.45, 7) is 28.6. The van der Waals surface area contributed by atoms with Gasteiger partial charge in [-0.1, -0.05) is 24.3 Å². The normalized spacial score (nSPS) is 16.6. The Kier molecular flexibility index (Phi) is 7.93. The zero-order valence-electron chi connectivity index (χ0n) is 22.3. The van der Waals surface area contributed by atoms with Gasteiger partial charge in [0.2, 0.25) is 11.5 Å². The molecule has 0 bridgehead atoms. The van der Waals surface area contributed by atoms with Gasteiger partial charge in [0.25, 0.3) is 5.69 Å². The van der Waals surface area contributed by atoms with Crippen molar-refractivity contribution in [3.8, 4) is 18.2 Å². The van der Waals surface area contributed by atoms with Crippen LogP contribution in [0.15, 0.2) is 75.7 Å². The molecule has 0 aromatic heterocycles. The third-order valence-electron chi connectivity index (χ3n) is 6.19. The predicted octanol–water partition coefficient (Wildman–Crippen LogP) is 6.54. The lowest BCUT2D eigenvalue weighted by Gasteiger charge is -2.21. The van der Waals surface area contributed by atoms with Gasteiger partial charge < -0.3 is 9.47 Å². The van der Waals surface area contributed by atoms with Crippen LogP contribution in [0.1, 0.15) is 38.8 Å². The molecular weight excluding hydrogens is 522 g/mol. The van der Waals surface area contributed by atoms with E-state index in [4.69, 9.17) is 29.2 Å². The Bertz CT molecular complexity index is 1790. The van der Waals surface area contributed by atoms with Gasteiger partial charge in [-0.3, -0.25) is 10.1 Å². The fraction of sp³-hybridized carbons (Fsp3) is 0.200. The molecule has 0 saturated heterocycles. The Morgan fingerprint density at radius 2 is 1.51 bits per heavy atom. The highest BCUT2D eigenvalue weighted by Gasteiger charge is 2.41. The first-order valence-electron chi connectivity index (χ1n) is 11.7. The van der Waals surface area contributed by atoms with E-state index < -0.39 is 16.1 Å². The van der Waals surface area contributed by atoms with Crippen LogP contribution in [0.4, 0.5) is 5.69 Å². The van der Waals surface area contributed by atoms with Crippen molar-refractivity contribution in [2.24, 2.45) is 0 Å². The van der Waals surface area contributed by atoms with E-state index in [0.717, 1.165) is 0 Å². The quantitative estimate of drug-likeness (QED) is 0.178. The van der Waals surface area contributed by atoms with E-state index in [1.807, 2.05) is 6.07 Å². The first-order chi connectivity index (χ1) is 19.4. The van der Waals surface area contributed by atoms with E-state index in [9.17, 15) is 25.9 Å². The van der Waals surface area contributed by atoms with Crippen molar-refractivity contribution < 1.29 is 14.4 Å². The topological polar surface area (TPSA) is 146 Å². The van der Waals surface area contributed by atoms with Crippen molar-refractivity contribution in [3.05, 3.63) is 131 Å². The largest absolute Gasteiger partial charge is 0.550 e. The van der Waals surface area contributed by atoms with Gasteiger partial charge in [0.1, 0.15) is 48.1 Å². The molecule has 0 saturated carbocycles. The van der Waals surface area contributed by atoms with Crippen LogP contribution >= 0.6 is 0 Å². The minimum atomic E-state index is -1.08. The average molecular weight is 542 g/mol. The van der Waals surface area contributed by atoms with Crippen LogP contribution in [-0.4, -0.2) is 16.1 Å². The SMILES string of the molecule is [C-]#[N+]C([N+]#[C-])=C1OC(C)(C)C(/C=C/c2ccc(/C=C/C3=C(C#N)C(=C(C#N)C#N)OC3(C)C)c([N+](=O)[O-])c2)=C1[N+]#[C-]. The number of nitro benzene ring substituents is 1. The molecule has 0 radical (unpaired) electrons. The number of ether oxygens (including phenoxy) is 2. The van der Waals surface area contributed by atoms with E-state index in [1.54, 1.807) is 58.1 Å². The third-order valence-corrected chi connectivity index (χ3v) is 6.19. The molecule has 198 valence electrons. The van der Waals surface area contributed by atoms with E-state index in [-0.39, 0.29) is 45.4 Å². The Hall–Kier alpha value is -6.40. The average Bonchev–Trinajstić information content (AvgIpc) is 3.34. The Morgan fingerprint density at radius 3 is 2.05 bits per heavy atom. The summed E-state index contributed by atoms with van der Waals surface area (Å²) in [7, 11) is 0. The molecule has 2 heterocycles. The van der Waals surface area contributed by atoms with Gasteiger partial charge in [-0.25, -0.2) is 4.85 Å². The highest BCUT2D eigenvalue weighted by molar-refractivity contribution is 5.70. The van der Waals surface area contributed by atoms with Crippen molar-refractivity contribution in [2.75, 3.05) is 0 Å². The molecule has 3 rings (SSSR count). The summed E-state index contributed by atoms with van der Waals surface area (Å²) in [4.78, 5) is 21.1. The summed E-state index contributed by atoms with van der Waals surface area (Å²) >= 11 is 0. The van der Waals surface area contributed by atoms with Gasteiger partial charge in [0.15, 0.2) is 11.3 Å². The van der Waals surface area contributed by atoms with E-state index >= 15 is 0 Å². The summed E-state index contributed by atoms with van der Waals surface area (Å²) in [5, 5.41) is 40.1. The highest BCUT2D eigenvalue weighted by atomic mass is 16.6. The maximum atomic E-state index is 11.9. The second-order valence-corrected chi connectivity index (χ2v) is 9.55. The molecule has 1 aromatic rings. The highest BCUT2D eigenvalue weighted by Crippen LogP contribution is 2.43. The van der Waals surface area contributed by atoms with Crippen molar-refractivity contribution >= 4 is 17.8 Å². The zero-order valence-corrected chi connectivity index (χ0v) is 22.3. The van der Waals surface area contributed by atoms with Gasteiger partial charge in [-0.15, -0.1) is 0 Å². The fourth-order valence-electron chi connectivity index (χ4n) is 4.23. The van der Waals surface area contributed by atoms with Gasteiger partial charge >= 0.3 is 5.82 Å². The maximum absolute atomic E-state index is 11.9. The number of nitro groups is 1. The van der Waals surface area contributed by atoms with Gasteiger partial charge in [-0.2, -0.15) is 25.5 Å². The molecule has 0 fully saturated rings. The Labute approximate surface area is 236 Å². The molecule has 2 aliphatic heterocycles. The second-order valence-electron chi connectivity index (χ2n) is 9.55. The van der Waals surface area contributed by atoms with Crippen LogP contribution in [0.3, 0.4) is 0 Å². The number of hydrogen-bond acceptors (Lipinski definition) is 7. The minimum absolute atomic E-state index is 0.00940. The van der Waals surface area contributed by atoms with E-state index in [1.165, 1.54) is 24.3 Å². The van der Waals surface area contributed by atoms with Gasteiger partial charge in [0, 0.05) is 17.2 Å². The fourth-order valence-corrected chi connectivity index (χ4v) is 4.23. The van der Waals surface area contributed by atoms with Crippen molar-refractivity contribution in [3.63, 3.8) is 0 Å². The summed E-state index contributed by atoms with van der Waals surface area (Å²) in [5.74, 6) is -0.591. The lowest BCUT2D eigenvalue weighted by molar-refractivity contribution is -0.385. The van der Waals surface area contributed by atoms with Gasteiger partial charge in [-0.05, 0) is 45.4 Å². The molecule has 41 heavy (non-hydrogen) atoms. The Balaban J connectivity index is 2.08. The summed E-state index contributed by atoms with van der Waals surface area (Å²) < 4.78 is 11.5. The first kappa shape index (κ1) is 29.2. The molecule has 11 nitrogen and oxygen atoms in total. The standard InChI is InChI=1S/C30H19N7O4/c1-29(2)22(21(17-33)26(40-29)20(15-31)16-32)13-11-19-10-8-18(14-24(19)37(38)39)9-12-23-25(34-5)27(28(35-6)36-7)41-30(23,3)4/h8-14H,1-4H3/b12-9+,13-11+. The number of benzene rings is 1. The molecule has 1 aromatic carbocycles.